The van der Waals surface area contributed by atoms with E-state index in [9.17, 15) is 0 Å². The van der Waals surface area contributed by atoms with Crippen molar-refractivity contribution >= 4 is 23.4 Å². The third-order valence-electron chi connectivity index (χ3n) is 0.527. The number of thiocarbonyl (C=S) groups is 1. The van der Waals surface area contributed by atoms with E-state index in [1.54, 1.807) is 12.3 Å². The van der Waals surface area contributed by atoms with E-state index < -0.39 is 0 Å². The number of rotatable bonds is 0. The number of nitrogens with zero attached hydrogens (tertiary/aromatic N) is 1. The highest BCUT2D eigenvalue weighted by atomic mass is 32.1. The van der Waals surface area contributed by atoms with Crippen molar-refractivity contribution in [1.29, 1.82) is 0 Å². The first kappa shape index (κ1) is 12.2. The second-order valence-electron chi connectivity index (χ2n) is 0.976. The Balaban J connectivity index is 0. The van der Waals surface area contributed by atoms with Gasteiger partial charge in [0.2, 0.25) is 0 Å². The monoisotopic (exact) mass is 157 g/mol. The van der Waals surface area contributed by atoms with Gasteiger partial charge in [-0.05, 0) is 12.2 Å². The molecule has 0 aromatic carbocycles. The molecule has 0 unspecified atom stereocenters. The quantitative estimate of drug-likeness (QED) is 0.492. The van der Waals surface area contributed by atoms with Gasteiger partial charge in [0.05, 0.1) is 0 Å². The van der Waals surface area contributed by atoms with Crippen molar-refractivity contribution < 1.29 is 0 Å². The maximum absolute atomic E-state index is 4.63. The first-order valence-electron chi connectivity index (χ1n) is 3.64. The highest BCUT2D eigenvalue weighted by molar-refractivity contribution is 7.80. The maximum atomic E-state index is 4.63. The molecule has 0 amide bonds. The van der Waals surface area contributed by atoms with Gasteiger partial charge in [-0.15, -0.1) is 0 Å². The van der Waals surface area contributed by atoms with Crippen molar-refractivity contribution in [2.75, 3.05) is 0 Å². The Labute approximate surface area is 68.9 Å². The lowest BCUT2D eigenvalue weighted by Gasteiger charge is -1.67. The summed E-state index contributed by atoms with van der Waals surface area (Å²) in [5.74, 6) is 0. The fourth-order valence-corrected chi connectivity index (χ4v) is 0.424. The van der Waals surface area contributed by atoms with Gasteiger partial charge in [-0.3, -0.25) is 0 Å². The van der Waals surface area contributed by atoms with E-state index in [0.717, 1.165) is 0 Å². The van der Waals surface area contributed by atoms with Gasteiger partial charge >= 0.3 is 0 Å². The van der Waals surface area contributed by atoms with E-state index in [-0.39, 0.29) is 0 Å². The van der Waals surface area contributed by atoms with Crippen molar-refractivity contribution in [2.24, 2.45) is 4.99 Å². The fraction of sp³-hybridized carbons (Fsp3) is 0.500. The van der Waals surface area contributed by atoms with Crippen molar-refractivity contribution in [2.45, 2.75) is 27.7 Å². The summed E-state index contributed by atoms with van der Waals surface area (Å²) >= 11 is 4.63. The van der Waals surface area contributed by atoms with Crippen LogP contribution in [0.4, 0.5) is 0 Å². The fourth-order valence-electron chi connectivity index (χ4n) is 0.285. The molecule has 0 aromatic rings. The zero-order valence-electron chi connectivity index (χ0n) is 7.09. The van der Waals surface area contributed by atoms with E-state index in [2.05, 4.69) is 17.2 Å². The molecular formula is C8H15NS. The Bertz CT molecular complexity index is 111. The molecule has 10 heavy (non-hydrogen) atoms. The van der Waals surface area contributed by atoms with Crippen LogP contribution in [-0.4, -0.2) is 11.2 Å². The van der Waals surface area contributed by atoms with Gasteiger partial charge in [0.15, 0.2) is 0 Å². The summed E-state index contributed by atoms with van der Waals surface area (Å²) in [6, 6.07) is 0. The van der Waals surface area contributed by atoms with Crippen LogP contribution in [0.1, 0.15) is 27.7 Å². The van der Waals surface area contributed by atoms with Crippen LogP contribution in [0.2, 0.25) is 0 Å². The number of hydrogen-bond acceptors (Lipinski definition) is 1. The van der Waals surface area contributed by atoms with E-state index >= 15 is 0 Å². The molecule has 1 rings (SSSR count). The highest BCUT2D eigenvalue weighted by Crippen LogP contribution is 1.87. The molecule has 58 valence electrons. The van der Waals surface area contributed by atoms with Gasteiger partial charge in [0.25, 0.3) is 0 Å². The van der Waals surface area contributed by atoms with Gasteiger partial charge < -0.3 is 0 Å². The first-order valence-corrected chi connectivity index (χ1v) is 4.05. The van der Waals surface area contributed by atoms with Crippen LogP contribution in [0.25, 0.3) is 0 Å². The lowest BCUT2D eigenvalue weighted by Crippen LogP contribution is -1.69. The topological polar surface area (TPSA) is 12.4 Å². The van der Waals surface area contributed by atoms with Gasteiger partial charge in [-0.1, -0.05) is 39.9 Å². The molecule has 2 heteroatoms. The Hall–Kier alpha value is -0.500. The summed E-state index contributed by atoms with van der Waals surface area (Å²) < 4.78 is 0. The van der Waals surface area contributed by atoms with Crippen molar-refractivity contribution in [3.63, 3.8) is 0 Å². The van der Waals surface area contributed by atoms with E-state index in [1.807, 2.05) is 33.8 Å². The number of hydrogen-bond donors (Lipinski definition) is 0. The maximum Gasteiger partial charge on any atom is 0.126 e. The SMILES string of the molecule is CC.CC.S=C1C=CC=N1. The van der Waals surface area contributed by atoms with Crippen LogP contribution in [-0.2, 0) is 0 Å². The molecule has 0 aromatic heterocycles. The Kier molecular flexibility index (Phi) is 13.8. The molecule has 1 heterocycles. The number of aliphatic imine (C=N–C) groups is 1. The van der Waals surface area contributed by atoms with Crippen LogP contribution < -0.4 is 0 Å². The molecule has 1 aliphatic heterocycles. The van der Waals surface area contributed by atoms with Crippen LogP contribution in [0.15, 0.2) is 17.1 Å². The summed E-state index contributed by atoms with van der Waals surface area (Å²) in [6.07, 6.45) is 5.29. The third-order valence-corrected chi connectivity index (χ3v) is 0.768. The summed E-state index contributed by atoms with van der Waals surface area (Å²) in [7, 11) is 0. The smallest absolute Gasteiger partial charge is 0.126 e. The Morgan fingerprint density at radius 2 is 1.70 bits per heavy atom. The number of allylic oxidation sites excluding steroid dienone is 1. The van der Waals surface area contributed by atoms with Gasteiger partial charge in [0.1, 0.15) is 4.99 Å². The van der Waals surface area contributed by atoms with Crippen LogP contribution >= 0.6 is 12.2 Å². The van der Waals surface area contributed by atoms with Crippen molar-refractivity contribution in [3.05, 3.63) is 12.2 Å². The summed E-state index contributed by atoms with van der Waals surface area (Å²) in [4.78, 5) is 4.41. The molecule has 1 nitrogen and oxygen atoms in total. The molecule has 0 aliphatic carbocycles. The molecule has 0 fully saturated rings. The summed E-state index contributed by atoms with van der Waals surface area (Å²) in [5, 5.41) is 0. The molecule has 0 saturated heterocycles. The van der Waals surface area contributed by atoms with Gasteiger partial charge in [0, 0.05) is 6.21 Å². The molecule has 0 radical (unpaired) electrons. The zero-order chi connectivity index (χ0) is 8.41. The molecule has 0 atom stereocenters. The Morgan fingerprint density at radius 1 is 1.20 bits per heavy atom. The van der Waals surface area contributed by atoms with Crippen LogP contribution in [0.5, 0.6) is 0 Å². The van der Waals surface area contributed by atoms with Crippen molar-refractivity contribution in [3.8, 4) is 0 Å². The predicted molar refractivity (Wildman–Crippen MR) is 52.9 cm³/mol. The molecule has 0 N–H and O–H groups in total. The largest absolute Gasteiger partial charge is 0.245 e. The second kappa shape index (κ2) is 11.3. The second-order valence-corrected chi connectivity index (χ2v) is 1.39. The molecule has 0 bridgehead atoms. The molecule has 1 aliphatic rings. The first-order chi connectivity index (χ1) is 4.89. The lowest BCUT2D eigenvalue weighted by atomic mass is 10.6. The lowest BCUT2D eigenvalue weighted by molar-refractivity contribution is 1.50. The average molecular weight is 157 g/mol. The standard InChI is InChI=1S/C4H3NS.2C2H6/c6-4-2-1-3-5-4;2*1-2/h1-3H;2*1-2H3. The summed E-state index contributed by atoms with van der Waals surface area (Å²) in [5.41, 5.74) is 0. The normalized spacial score (nSPS) is 11.4. The summed E-state index contributed by atoms with van der Waals surface area (Å²) in [6.45, 7) is 8.00. The molecular weight excluding hydrogens is 142 g/mol. The minimum Gasteiger partial charge on any atom is -0.245 e. The average Bonchev–Trinajstić information content (AvgIpc) is 2.48. The van der Waals surface area contributed by atoms with E-state index in [0.29, 0.717) is 4.99 Å². The van der Waals surface area contributed by atoms with Crippen LogP contribution in [0.3, 0.4) is 0 Å². The minimum atomic E-state index is 0.676. The van der Waals surface area contributed by atoms with E-state index in [4.69, 9.17) is 0 Å². The van der Waals surface area contributed by atoms with E-state index in [1.165, 1.54) is 0 Å². The molecule has 0 spiro atoms. The molecule has 0 saturated carbocycles. The zero-order valence-corrected chi connectivity index (χ0v) is 7.90. The van der Waals surface area contributed by atoms with Gasteiger partial charge in [-0.25, -0.2) is 4.99 Å². The highest BCUT2D eigenvalue weighted by Gasteiger charge is 1.84. The Morgan fingerprint density at radius 3 is 1.80 bits per heavy atom. The predicted octanol–water partition coefficient (Wildman–Crippen LogP) is 3.01. The third kappa shape index (κ3) is 7.50. The minimum absolute atomic E-state index is 0.676. The van der Waals surface area contributed by atoms with Gasteiger partial charge in [-0.2, -0.15) is 0 Å². The van der Waals surface area contributed by atoms with Crippen molar-refractivity contribution in [1.82, 2.24) is 0 Å². The van der Waals surface area contributed by atoms with Crippen LogP contribution in [0, 0.1) is 0 Å².